The number of fused-ring (bicyclic) bond motifs is 1. The van der Waals surface area contributed by atoms with E-state index in [1.165, 1.54) is 26.0 Å². The number of nitrogens with zero attached hydrogens (tertiary/aromatic N) is 2. The molecule has 1 aromatic heterocycles. The number of esters is 2. The molecule has 0 spiro atoms. The van der Waals surface area contributed by atoms with Crippen molar-refractivity contribution in [3.63, 3.8) is 0 Å². The molecule has 0 bridgehead atoms. The van der Waals surface area contributed by atoms with Crippen LogP contribution < -0.4 is 4.90 Å². The maximum absolute atomic E-state index is 12.6. The first-order valence-corrected chi connectivity index (χ1v) is 11.1. The second-order valence-electron chi connectivity index (χ2n) is 6.38. The first-order chi connectivity index (χ1) is 15.0. The highest BCUT2D eigenvalue weighted by Crippen LogP contribution is 2.42. The monoisotopic (exact) mass is 476 g/mol. The van der Waals surface area contributed by atoms with Gasteiger partial charge in [-0.15, -0.1) is 11.3 Å². The predicted molar refractivity (Wildman–Crippen MR) is 120 cm³/mol. The van der Waals surface area contributed by atoms with Crippen LogP contribution in [0.5, 0.6) is 0 Å². The van der Waals surface area contributed by atoms with Gasteiger partial charge in [0.2, 0.25) is 0 Å². The second-order valence-corrected chi connectivity index (χ2v) is 9.13. The number of halogens is 1. The Hall–Kier alpha value is -2.59. The molecule has 0 amide bonds. The standard InChI is InChI=1S/C21H17ClN2O5S2/c1-27-19(25)13-10-29-11-24(18(13)20(26)28-2)15-9-12(22)7-8-17(15)31-21-23-14-5-3-4-6-16(14)30-21/h3-9H,10-11H2,1-2H3. The third kappa shape index (κ3) is 4.40. The highest BCUT2D eigenvalue weighted by Gasteiger charge is 2.33. The van der Waals surface area contributed by atoms with E-state index in [0.717, 1.165) is 19.5 Å². The molecule has 0 radical (unpaired) electrons. The number of methoxy groups -OCH3 is 2. The summed E-state index contributed by atoms with van der Waals surface area (Å²) >= 11 is 9.28. The van der Waals surface area contributed by atoms with E-state index in [9.17, 15) is 9.59 Å². The number of hydrogen-bond donors (Lipinski definition) is 0. The van der Waals surface area contributed by atoms with E-state index < -0.39 is 11.9 Å². The number of carbonyl (C=O) groups excluding carboxylic acids is 2. The van der Waals surface area contributed by atoms with E-state index in [4.69, 9.17) is 25.8 Å². The third-order valence-corrected chi connectivity index (χ3v) is 6.91. The van der Waals surface area contributed by atoms with E-state index in [2.05, 4.69) is 4.98 Å². The number of hydrogen-bond acceptors (Lipinski definition) is 9. The summed E-state index contributed by atoms with van der Waals surface area (Å²) in [5.74, 6) is -1.33. The first kappa shape index (κ1) is 21.6. The smallest absolute Gasteiger partial charge is 0.355 e. The molecule has 7 nitrogen and oxygen atoms in total. The summed E-state index contributed by atoms with van der Waals surface area (Å²) in [5, 5.41) is 0.470. The van der Waals surface area contributed by atoms with Crippen LogP contribution in [-0.4, -0.2) is 44.5 Å². The van der Waals surface area contributed by atoms with Crippen molar-refractivity contribution < 1.29 is 23.8 Å². The van der Waals surface area contributed by atoms with E-state index in [1.807, 2.05) is 30.3 Å². The fourth-order valence-electron chi connectivity index (χ4n) is 3.11. The second kappa shape index (κ2) is 9.27. The van der Waals surface area contributed by atoms with E-state index >= 15 is 0 Å². The number of benzene rings is 2. The van der Waals surface area contributed by atoms with Crippen LogP contribution in [0.3, 0.4) is 0 Å². The lowest BCUT2D eigenvalue weighted by atomic mass is 10.1. The number of carbonyl (C=O) groups is 2. The minimum Gasteiger partial charge on any atom is -0.466 e. The van der Waals surface area contributed by atoms with Gasteiger partial charge >= 0.3 is 11.9 Å². The molecule has 1 aliphatic rings. The highest BCUT2D eigenvalue weighted by atomic mass is 35.5. The van der Waals surface area contributed by atoms with Crippen molar-refractivity contribution in [1.82, 2.24) is 4.98 Å². The maximum Gasteiger partial charge on any atom is 0.355 e. The van der Waals surface area contributed by atoms with Gasteiger partial charge in [-0.3, -0.25) is 0 Å². The number of anilines is 1. The lowest BCUT2D eigenvalue weighted by molar-refractivity contribution is -0.140. The molecular weight excluding hydrogens is 460 g/mol. The number of rotatable bonds is 5. The molecule has 0 N–H and O–H groups in total. The van der Waals surface area contributed by atoms with Gasteiger partial charge in [0, 0.05) is 9.92 Å². The van der Waals surface area contributed by atoms with Crippen LogP contribution in [0, 0.1) is 0 Å². The topological polar surface area (TPSA) is 78.0 Å². The first-order valence-electron chi connectivity index (χ1n) is 9.10. The van der Waals surface area contributed by atoms with Crippen molar-refractivity contribution in [1.29, 1.82) is 0 Å². The molecular formula is C21H17ClN2O5S2. The van der Waals surface area contributed by atoms with Gasteiger partial charge in [0.05, 0.1) is 42.3 Å². The third-order valence-electron chi connectivity index (χ3n) is 4.52. The molecule has 4 rings (SSSR count). The van der Waals surface area contributed by atoms with Crippen molar-refractivity contribution in [2.75, 3.05) is 32.5 Å². The maximum atomic E-state index is 12.6. The molecule has 0 atom stereocenters. The Balaban J connectivity index is 1.80. The fourth-order valence-corrected chi connectivity index (χ4v) is 5.42. The van der Waals surface area contributed by atoms with Crippen molar-refractivity contribution in [3.05, 3.63) is 58.8 Å². The van der Waals surface area contributed by atoms with Crippen LogP contribution in [0.15, 0.2) is 63.0 Å². The summed E-state index contributed by atoms with van der Waals surface area (Å²) in [6.45, 7) is -0.0206. The van der Waals surface area contributed by atoms with Crippen molar-refractivity contribution >= 4 is 62.5 Å². The van der Waals surface area contributed by atoms with Gasteiger partial charge in [-0.1, -0.05) is 35.5 Å². The Bertz CT molecular complexity index is 1160. The van der Waals surface area contributed by atoms with Crippen LogP contribution in [0.4, 0.5) is 5.69 Å². The zero-order chi connectivity index (χ0) is 22.0. The van der Waals surface area contributed by atoms with E-state index in [-0.39, 0.29) is 24.6 Å². The number of thiazole rings is 1. The Kier molecular flexibility index (Phi) is 6.47. The minimum absolute atomic E-state index is 0.0404. The van der Waals surface area contributed by atoms with Gasteiger partial charge in [-0.25, -0.2) is 14.6 Å². The summed E-state index contributed by atoms with van der Waals surface area (Å²) in [5.41, 5.74) is 1.65. The molecule has 0 fully saturated rings. The molecule has 0 saturated carbocycles. The van der Waals surface area contributed by atoms with Crippen molar-refractivity contribution in [2.24, 2.45) is 0 Å². The highest BCUT2D eigenvalue weighted by molar-refractivity contribution is 8.01. The Morgan fingerprint density at radius 1 is 1.16 bits per heavy atom. The van der Waals surface area contributed by atoms with Crippen LogP contribution in [0.1, 0.15) is 0 Å². The van der Waals surface area contributed by atoms with Crippen LogP contribution in [0.25, 0.3) is 10.2 Å². The molecule has 2 aromatic carbocycles. The quantitative estimate of drug-likeness (QED) is 0.498. The fraction of sp³-hybridized carbons (Fsp3) is 0.190. The average molecular weight is 477 g/mol. The zero-order valence-electron chi connectivity index (χ0n) is 16.6. The van der Waals surface area contributed by atoms with E-state index in [0.29, 0.717) is 10.7 Å². The lowest BCUT2D eigenvalue weighted by Gasteiger charge is -2.32. The SMILES string of the molecule is COC(=O)C1=C(C(=O)OC)N(c2cc(Cl)ccc2Sc2nc3ccccc3s2)COC1. The van der Waals surface area contributed by atoms with Crippen LogP contribution >= 0.6 is 34.7 Å². The molecule has 160 valence electrons. The number of ether oxygens (including phenoxy) is 3. The van der Waals surface area contributed by atoms with Gasteiger partial charge in [0.25, 0.3) is 0 Å². The number of aromatic nitrogens is 1. The van der Waals surface area contributed by atoms with Gasteiger partial charge in [0.15, 0.2) is 4.34 Å². The molecule has 31 heavy (non-hydrogen) atoms. The van der Waals surface area contributed by atoms with Crippen molar-refractivity contribution in [3.8, 4) is 0 Å². The molecule has 0 aliphatic carbocycles. The van der Waals surface area contributed by atoms with Gasteiger partial charge < -0.3 is 19.1 Å². The lowest BCUT2D eigenvalue weighted by Crippen LogP contribution is -2.39. The minimum atomic E-state index is -0.667. The Morgan fingerprint density at radius 3 is 2.68 bits per heavy atom. The molecule has 10 heteroatoms. The Morgan fingerprint density at radius 2 is 1.94 bits per heavy atom. The van der Waals surface area contributed by atoms with Crippen LogP contribution in [-0.2, 0) is 23.8 Å². The summed E-state index contributed by atoms with van der Waals surface area (Å²) in [6.07, 6.45) is 0. The van der Waals surface area contributed by atoms with Crippen molar-refractivity contribution in [2.45, 2.75) is 9.24 Å². The van der Waals surface area contributed by atoms with Crippen LogP contribution in [0.2, 0.25) is 5.02 Å². The summed E-state index contributed by atoms with van der Waals surface area (Å²) in [4.78, 5) is 31.9. The molecule has 1 aliphatic heterocycles. The zero-order valence-corrected chi connectivity index (χ0v) is 19.0. The van der Waals surface area contributed by atoms with E-state index in [1.54, 1.807) is 28.4 Å². The molecule has 3 aromatic rings. The van der Waals surface area contributed by atoms with Gasteiger partial charge in [-0.05, 0) is 30.3 Å². The summed E-state index contributed by atoms with van der Waals surface area (Å²) in [6, 6.07) is 13.2. The average Bonchev–Trinajstić information content (AvgIpc) is 3.21. The normalized spacial score (nSPS) is 14.1. The molecule has 2 heterocycles. The molecule has 0 unspecified atom stereocenters. The van der Waals surface area contributed by atoms with Gasteiger partial charge in [0.1, 0.15) is 12.4 Å². The summed E-state index contributed by atoms with van der Waals surface area (Å²) in [7, 11) is 2.50. The Labute approximate surface area is 191 Å². The summed E-state index contributed by atoms with van der Waals surface area (Å²) < 4.78 is 17.3. The van der Waals surface area contributed by atoms with Gasteiger partial charge in [-0.2, -0.15) is 0 Å². The number of para-hydroxylation sites is 1. The predicted octanol–water partition coefficient (Wildman–Crippen LogP) is 4.50. The molecule has 0 saturated heterocycles. The largest absolute Gasteiger partial charge is 0.466 e.